The van der Waals surface area contributed by atoms with Crippen molar-refractivity contribution in [3.63, 3.8) is 0 Å². The molecule has 0 saturated heterocycles. The van der Waals surface area contributed by atoms with E-state index in [9.17, 15) is 9.90 Å². The van der Waals surface area contributed by atoms with E-state index in [4.69, 9.17) is 0 Å². The first kappa shape index (κ1) is 13.5. The monoisotopic (exact) mass is 227 g/mol. The number of carboxylic acid groups (broad SMARTS) is 1. The minimum absolute atomic E-state index is 0.461. The molecule has 94 valence electrons. The summed E-state index contributed by atoms with van der Waals surface area (Å²) in [5.74, 6) is -0.595. The van der Waals surface area contributed by atoms with Crippen LogP contribution in [-0.2, 0) is 4.79 Å². The van der Waals surface area contributed by atoms with Gasteiger partial charge in [0.25, 0.3) is 0 Å². The minimum Gasteiger partial charge on any atom is -0.481 e. The van der Waals surface area contributed by atoms with Crippen LogP contribution in [0.5, 0.6) is 0 Å². The molecule has 0 aromatic heterocycles. The van der Waals surface area contributed by atoms with Crippen LogP contribution < -0.4 is 0 Å². The van der Waals surface area contributed by atoms with Crippen molar-refractivity contribution in [1.82, 2.24) is 4.90 Å². The van der Waals surface area contributed by atoms with Gasteiger partial charge < -0.3 is 10.0 Å². The molecule has 1 aliphatic carbocycles. The van der Waals surface area contributed by atoms with Crippen molar-refractivity contribution in [3.05, 3.63) is 0 Å². The third kappa shape index (κ3) is 2.76. The Bertz CT molecular complexity index is 230. The summed E-state index contributed by atoms with van der Waals surface area (Å²) in [4.78, 5) is 13.7. The van der Waals surface area contributed by atoms with Crippen molar-refractivity contribution in [3.8, 4) is 0 Å². The van der Waals surface area contributed by atoms with Crippen molar-refractivity contribution < 1.29 is 9.90 Å². The molecule has 1 aliphatic rings. The van der Waals surface area contributed by atoms with E-state index in [2.05, 4.69) is 25.8 Å². The Morgan fingerprint density at radius 2 is 1.81 bits per heavy atom. The van der Waals surface area contributed by atoms with Gasteiger partial charge in [-0.2, -0.15) is 0 Å². The Balaban J connectivity index is 2.65. The molecule has 0 unspecified atom stereocenters. The van der Waals surface area contributed by atoms with Gasteiger partial charge in [-0.05, 0) is 32.7 Å². The summed E-state index contributed by atoms with van der Waals surface area (Å²) in [6.07, 6.45) is 6.05. The number of hydrogen-bond donors (Lipinski definition) is 1. The normalized spacial score (nSPS) is 19.6. The molecule has 0 amide bonds. The molecule has 0 aliphatic heterocycles. The number of hydrogen-bond acceptors (Lipinski definition) is 2. The van der Waals surface area contributed by atoms with Gasteiger partial charge in [-0.15, -0.1) is 0 Å². The highest BCUT2D eigenvalue weighted by atomic mass is 16.4. The zero-order valence-corrected chi connectivity index (χ0v) is 10.8. The molecule has 0 radical (unpaired) electrons. The standard InChI is InChI=1S/C13H25NO2/c1-4-11(5-2)14(3)10-13(12(15)16)8-6-7-9-13/h11H,4-10H2,1-3H3,(H,15,16). The number of carboxylic acids is 1. The maximum atomic E-state index is 11.4. The minimum atomic E-state index is -0.595. The molecule has 3 heteroatoms. The Morgan fingerprint density at radius 3 is 2.19 bits per heavy atom. The van der Waals surface area contributed by atoms with Gasteiger partial charge in [0, 0.05) is 12.6 Å². The molecule has 0 bridgehead atoms. The van der Waals surface area contributed by atoms with E-state index in [0.717, 1.165) is 38.5 Å². The molecule has 1 N–H and O–H groups in total. The lowest BCUT2D eigenvalue weighted by molar-refractivity contribution is -0.150. The quantitative estimate of drug-likeness (QED) is 0.758. The molecule has 3 nitrogen and oxygen atoms in total. The van der Waals surface area contributed by atoms with Crippen LogP contribution >= 0.6 is 0 Å². The second kappa shape index (κ2) is 5.67. The van der Waals surface area contributed by atoms with Crippen LogP contribution in [0.2, 0.25) is 0 Å². The average Bonchev–Trinajstić information content (AvgIpc) is 2.69. The topological polar surface area (TPSA) is 40.5 Å². The fourth-order valence-electron chi connectivity index (χ4n) is 3.01. The lowest BCUT2D eigenvalue weighted by atomic mass is 9.85. The van der Waals surface area contributed by atoms with Crippen LogP contribution in [0.1, 0.15) is 52.4 Å². The van der Waals surface area contributed by atoms with Gasteiger partial charge >= 0.3 is 5.97 Å². The van der Waals surface area contributed by atoms with E-state index in [0.29, 0.717) is 12.6 Å². The van der Waals surface area contributed by atoms with Gasteiger partial charge in [-0.25, -0.2) is 0 Å². The Labute approximate surface area is 98.8 Å². The SMILES string of the molecule is CCC(CC)N(C)CC1(C(=O)O)CCCC1. The predicted octanol–water partition coefficient (Wildman–Crippen LogP) is 2.75. The molecule has 1 saturated carbocycles. The summed E-state index contributed by atoms with van der Waals surface area (Å²) in [7, 11) is 2.07. The summed E-state index contributed by atoms with van der Waals surface area (Å²) in [5, 5.41) is 9.41. The van der Waals surface area contributed by atoms with E-state index in [1.165, 1.54) is 0 Å². The zero-order valence-electron chi connectivity index (χ0n) is 10.8. The third-order valence-corrected chi connectivity index (χ3v) is 4.13. The van der Waals surface area contributed by atoms with Crippen LogP contribution in [0.15, 0.2) is 0 Å². The zero-order chi connectivity index (χ0) is 12.2. The first-order chi connectivity index (χ1) is 7.55. The van der Waals surface area contributed by atoms with Gasteiger partial charge in [0.05, 0.1) is 5.41 Å². The summed E-state index contributed by atoms with van der Waals surface area (Å²) in [6, 6.07) is 0.525. The molecule has 0 heterocycles. The van der Waals surface area contributed by atoms with E-state index < -0.39 is 11.4 Å². The van der Waals surface area contributed by atoms with Gasteiger partial charge in [-0.1, -0.05) is 26.7 Å². The van der Waals surface area contributed by atoms with Crippen molar-refractivity contribution >= 4 is 5.97 Å². The van der Waals surface area contributed by atoms with Crippen LogP contribution in [-0.4, -0.2) is 35.6 Å². The second-order valence-corrected chi connectivity index (χ2v) is 5.18. The molecular formula is C13H25NO2. The lowest BCUT2D eigenvalue weighted by Gasteiger charge is -2.34. The number of rotatable bonds is 6. The first-order valence-corrected chi connectivity index (χ1v) is 6.49. The molecule has 0 atom stereocenters. The highest BCUT2D eigenvalue weighted by Crippen LogP contribution is 2.39. The van der Waals surface area contributed by atoms with Crippen molar-refractivity contribution in [2.24, 2.45) is 5.41 Å². The summed E-state index contributed by atoms with van der Waals surface area (Å²) in [6.45, 7) is 5.06. The van der Waals surface area contributed by atoms with Crippen LogP contribution in [0.4, 0.5) is 0 Å². The molecule has 1 fully saturated rings. The van der Waals surface area contributed by atoms with E-state index in [1.54, 1.807) is 0 Å². The molecule has 16 heavy (non-hydrogen) atoms. The molecule has 1 rings (SSSR count). The summed E-state index contributed by atoms with van der Waals surface area (Å²) < 4.78 is 0. The van der Waals surface area contributed by atoms with Gasteiger partial charge in [0.1, 0.15) is 0 Å². The number of carbonyl (C=O) groups is 1. The third-order valence-electron chi connectivity index (χ3n) is 4.13. The fourth-order valence-corrected chi connectivity index (χ4v) is 3.01. The van der Waals surface area contributed by atoms with E-state index in [-0.39, 0.29) is 0 Å². The van der Waals surface area contributed by atoms with Crippen LogP contribution in [0.25, 0.3) is 0 Å². The molecule has 0 aromatic carbocycles. The molecule has 0 spiro atoms. The lowest BCUT2D eigenvalue weighted by Crippen LogP contribution is -2.43. The summed E-state index contributed by atoms with van der Waals surface area (Å²) >= 11 is 0. The highest BCUT2D eigenvalue weighted by molar-refractivity contribution is 5.75. The van der Waals surface area contributed by atoms with E-state index >= 15 is 0 Å². The second-order valence-electron chi connectivity index (χ2n) is 5.18. The predicted molar refractivity (Wildman–Crippen MR) is 65.5 cm³/mol. The van der Waals surface area contributed by atoms with Crippen LogP contribution in [0, 0.1) is 5.41 Å². The first-order valence-electron chi connectivity index (χ1n) is 6.49. The fraction of sp³-hybridized carbons (Fsp3) is 0.923. The largest absolute Gasteiger partial charge is 0.481 e. The van der Waals surface area contributed by atoms with Crippen LogP contribution in [0.3, 0.4) is 0 Å². The number of aliphatic carboxylic acids is 1. The highest BCUT2D eigenvalue weighted by Gasteiger charge is 2.42. The van der Waals surface area contributed by atoms with Crippen molar-refractivity contribution in [2.75, 3.05) is 13.6 Å². The smallest absolute Gasteiger partial charge is 0.310 e. The summed E-state index contributed by atoms with van der Waals surface area (Å²) in [5.41, 5.74) is -0.461. The van der Waals surface area contributed by atoms with Gasteiger partial charge in [0.15, 0.2) is 0 Å². The maximum Gasteiger partial charge on any atom is 0.310 e. The van der Waals surface area contributed by atoms with Gasteiger partial charge in [0.2, 0.25) is 0 Å². The maximum absolute atomic E-state index is 11.4. The van der Waals surface area contributed by atoms with E-state index in [1.807, 2.05) is 0 Å². The average molecular weight is 227 g/mol. The van der Waals surface area contributed by atoms with Crippen molar-refractivity contribution in [2.45, 2.75) is 58.4 Å². The Hall–Kier alpha value is -0.570. The Kier molecular flexibility index (Phi) is 4.78. The molecule has 0 aromatic rings. The number of nitrogens with zero attached hydrogens (tertiary/aromatic N) is 1. The molecular weight excluding hydrogens is 202 g/mol. The van der Waals surface area contributed by atoms with Gasteiger partial charge in [-0.3, -0.25) is 4.79 Å². The Morgan fingerprint density at radius 1 is 1.31 bits per heavy atom. The van der Waals surface area contributed by atoms with Crippen molar-refractivity contribution in [1.29, 1.82) is 0 Å².